The maximum absolute atomic E-state index is 12.5. The van der Waals surface area contributed by atoms with Gasteiger partial charge in [-0.15, -0.1) is 40.8 Å². The van der Waals surface area contributed by atoms with Gasteiger partial charge in [0.2, 0.25) is 10.4 Å². The summed E-state index contributed by atoms with van der Waals surface area (Å²) in [6.45, 7) is 3.42. The molecule has 0 unspecified atom stereocenters. The van der Waals surface area contributed by atoms with Gasteiger partial charge in [-0.3, -0.25) is 4.55 Å². The van der Waals surface area contributed by atoms with Gasteiger partial charge in [-0.2, -0.15) is 22.4 Å². The summed E-state index contributed by atoms with van der Waals surface area (Å²) in [5.74, 6) is -1.29. The third-order valence-corrected chi connectivity index (χ3v) is 9.13. The van der Waals surface area contributed by atoms with E-state index in [1.165, 1.54) is 37.4 Å². The molecular formula is C30H24CuN5Na4O12S3-. The molecular weight excluding hydrogens is 874 g/mol. The number of sulfone groups is 1. The monoisotopic (exact) mass is 897 g/mol. The Morgan fingerprint density at radius 3 is 2.02 bits per heavy atom. The number of anilines is 1. The summed E-state index contributed by atoms with van der Waals surface area (Å²) >= 11 is 0. The average molecular weight is 898 g/mol. The fraction of sp³-hybridized carbons (Fsp3) is 0.100. The van der Waals surface area contributed by atoms with Crippen LogP contribution >= 0.6 is 0 Å². The molecule has 1 radical (unpaired) electrons. The molecule has 0 heterocycles. The molecule has 0 amide bonds. The topological polar surface area (TPSA) is 280 Å². The van der Waals surface area contributed by atoms with Crippen LogP contribution in [0.2, 0.25) is 0 Å². The third kappa shape index (κ3) is 14.8. The van der Waals surface area contributed by atoms with Crippen molar-refractivity contribution in [2.24, 2.45) is 20.5 Å². The number of azo groups is 2. The van der Waals surface area contributed by atoms with Gasteiger partial charge in [-0.1, -0.05) is 34.0 Å². The van der Waals surface area contributed by atoms with Gasteiger partial charge in [0.15, 0.2) is 9.84 Å². The molecule has 17 nitrogen and oxygen atoms in total. The van der Waals surface area contributed by atoms with Crippen molar-refractivity contribution in [3.8, 4) is 17.2 Å². The maximum atomic E-state index is 12.5. The van der Waals surface area contributed by atoms with Crippen LogP contribution in [0.5, 0.6) is 17.2 Å². The molecule has 0 bridgehead atoms. The van der Waals surface area contributed by atoms with Crippen LogP contribution in [-0.4, -0.2) is 69.0 Å². The van der Waals surface area contributed by atoms with Crippen molar-refractivity contribution >= 4 is 80.3 Å². The van der Waals surface area contributed by atoms with Crippen LogP contribution in [0, 0.1) is 19.1 Å². The Bertz CT molecular complexity index is 2530. The largest absolute Gasteiger partial charge is 1.00 e. The fourth-order valence-electron chi connectivity index (χ4n) is 4.46. The molecule has 0 saturated heterocycles. The zero-order valence-corrected chi connectivity index (χ0v) is 41.4. The Morgan fingerprint density at radius 2 is 1.45 bits per heavy atom. The zero-order valence-electron chi connectivity index (χ0n) is 30.0. The summed E-state index contributed by atoms with van der Waals surface area (Å²) in [7, 11) is -10.6. The second-order valence-electron chi connectivity index (χ2n) is 9.83. The minimum Gasteiger partial charge on any atom is -0.745 e. The molecule has 5 rings (SSSR count). The number of benzene rings is 5. The number of rotatable bonds is 9. The van der Waals surface area contributed by atoms with Crippen molar-refractivity contribution < 1.29 is 189 Å². The van der Waals surface area contributed by atoms with Gasteiger partial charge in [-0.25, -0.2) is 30.4 Å². The van der Waals surface area contributed by atoms with Gasteiger partial charge in [0, 0.05) is 57.9 Å². The van der Waals surface area contributed by atoms with Crippen LogP contribution < -0.4 is 128 Å². The molecule has 0 fully saturated rings. The Balaban J connectivity index is 0. The first-order valence-corrected chi connectivity index (χ1v) is 18.0. The number of methoxy groups -OCH3 is 1. The number of phenols is 2. The van der Waals surface area contributed by atoms with Crippen molar-refractivity contribution in [3.05, 3.63) is 79.7 Å². The summed E-state index contributed by atoms with van der Waals surface area (Å²) < 4.78 is 98.1. The summed E-state index contributed by atoms with van der Waals surface area (Å²) in [4.78, 5) is -0.637. The van der Waals surface area contributed by atoms with Crippen LogP contribution in [-0.2, 0) is 47.4 Å². The first-order valence-electron chi connectivity index (χ1n) is 13.6. The first kappa shape index (κ1) is 56.4. The third-order valence-electron chi connectivity index (χ3n) is 6.71. The molecule has 0 aromatic heterocycles. The van der Waals surface area contributed by atoms with E-state index in [2.05, 4.69) is 44.8 Å². The quantitative estimate of drug-likeness (QED) is 0.0353. The minimum atomic E-state index is -4.92. The summed E-state index contributed by atoms with van der Waals surface area (Å²) in [5.41, 5.74) is 0.732. The first-order chi connectivity index (χ1) is 23.4. The zero-order chi connectivity index (χ0) is 37.0. The predicted molar refractivity (Wildman–Crippen MR) is 177 cm³/mol. The number of ether oxygens (including phenoxy) is 1. The standard InChI is InChI=1S/C30H24N5O8S2.Cu.4Na.H2O4S/c1-4-44(38,39)28-15-24(25(36)16-26(28)43-3)34-33-23-13-10-19-20(30(23)37)11-12-22(31-2)29(19)35-32-18-9-8-17-6-5-7-27(21(17)14-18)45(40,41)42;;;;;;1-5(2,3)4/h5-7,9-12,14-16,31,36-37H,1,4H2,2-3H3,(H,40,41,42);;;;;;(H2,1,2,3,4)/q-3;;4*+1;/p-2. The van der Waals surface area contributed by atoms with Crippen LogP contribution in [0.1, 0.15) is 0 Å². The van der Waals surface area contributed by atoms with E-state index in [4.69, 9.17) is 22.3 Å². The molecule has 0 aliphatic rings. The molecule has 4 N–H and O–H groups in total. The van der Waals surface area contributed by atoms with E-state index in [1.807, 2.05) is 0 Å². The van der Waals surface area contributed by atoms with Gasteiger partial charge in [0.1, 0.15) is 32.2 Å². The van der Waals surface area contributed by atoms with Crippen molar-refractivity contribution in [1.82, 2.24) is 0 Å². The van der Waals surface area contributed by atoms with Crippen LogP contribution in [0.15, 0.2) is 90.9 Å². The van der Waals surface area contributed by atoms with E-state index < -0.39 is 46.8 Å². The molecule has 0 aliphatic carbocycles. The molecule has 275 valence electrons. The van der Waals surface area contributed by atoms with Gasteiger partial charge < -0.3 is 36.3 Å². The Morgan fingerprint density at radius 1 is 0.818 bits per heavy atom. The SMILES string of the molecule is O=S(=O)([O-])O.[CH2-]CS(=O)(=O)c1cc(N=Nc2[c-]cc3c(N=Nc4c[c-]c5cccc(S(=O)(=O)[O-])c5c4)c(NC)ccc3c2O)c(O)cc1OC.[Cu].[Na+].[Na+].[Na+].[Na+]. The van der Waals surface area contributed by atoms with Crippen LogP contribution in [0.3, 0.4) is 0 Å². The summed E-state index contributed by atoms with van der Waals surface area (Å²) in [5, 5.41) is 42.1. The number of fused-ring (bicyclic) bond motifs is 2. The number of hydrogen-bond acceptors (Lipinski definition) is 16. The molecule has 0 spiro atoms. The number of hydrogen-bond donors (Lipinski definition) is 4. The summed E-state index contributed by atoms with van der Waals surface area (Å²) in [6.07, 6.45) is 0. The van der Waals surface area contributed by atoms with Crippen molar-refractivity contribution in [3.63, 3.8) is 0 Å². The van der Waals surface area contributed by atoms with Crippen molar-refractivity contribution in [1.29, 1.82) is 0 Å². The number of nitrogens with one attached hydrogen (secondary N) is 1. The Hall–Kier alpha value is -0.731. The van der Waals surface area contributed by atoms with E-state index in [-0.39, 0.29) is 174 Å². The molecule has 55 heavy (non-hydrogen) atoms. The Kier molecular flexibility index (Phi) is 24.3. The van der Waals surface area contributed by atoms with E-state index >= 15 is 0 Å². The second kappa shape index (κ2) is 23.8. The maximum Gasteiger partial charge on any atom is 1.00 e. The van der Waals surface area contributed by atoms with E-state index in [1.54, 1.807) is 25.2 Å². The number of aromatic hydroxyl groups is 2. The second-order valence-corrected chi connectivity index (χ2v) is 14.1. The number of nitrogens with zero attached hydrogens (tertiary/aromatic N) is 4. The smallest absolute Gasteiger partial charge is 0.745 e. The van der Waals surface area contributed by atoms with Gasteiger partial charge >= 0.3 is 118 Å². The van der Waals surface area contributed by atoms with Gasteiger partial charge in [0.05, 0.1) is 12.8 Å². The van der Waals surface area contributed by atoms with Gasteiger partial charge in [-0.05, 0) is 12.1 Å². The molecule has 5 aromatic carbocycles. The molecule has 0 aliphatic heterocycles. The molecule has 5 aromatic rings. The van der Waals surface area contributed by atoms with E-state index in [0.717, 1.165) is 12.1 Å². The van der Waals surface area contributed by atoms with Gasteiger partial charge in [0.25, 0.3) is 0 Å². The Labute approximate surface area is 416 Å². The molecule has 0 atom stereocenters. The molecule has 0 saturated carbocycles. The fourth-order valence-corrected chi connectivity index (χ4v) is 6.10. The van der Waals surface area contributed by atoms with E-state index in [9.17, 15) is 31.6 Å². The average Bonchev–Trinajstić information content (AvgIpc) is 3.05. The minimum absolute atomic E-state index is 0. The number of phenolic OH excluding ortho intramolecular Hbond substituents is 2. The summed E-state index contributed by atoms with van der Waals surface area (Å²) in [6, 6.07) is 19.8. The van der Waals surface area contributed by atoms with Crippen LogP contribution in [0.4, 0.5) is 28.4 Å². The van der Waals surface area contributed by atoms with Crippen LogP contribution in [0.25, 0.3) is 21.5 Å². The van der Waals surface area contributed by atoms with E-state index in [0.29, 0.717) is 27.5 Å². The normalized spacial score (nSPS) is 11.2. The predicted octanol–water partition coefficient (Wildman–Crippen LogP) is -6.58. The molecule has 25 heteroatoms. The van der Waals surface area contributed by atoms with Crippen molar-refractivity contribution in [2.75, 3.05) is 25.2 Å². The van der Waals surface area contributed by atoms with Crippen molar-refractivity contribution in [2.45, 2.75) is 9.79 Å².